The average molecular weight is 407 g/mol. The summed E-state index contributed by atoms with van der Waals surface area (Å²) >= 11 is 0. The normalized spacial score (nSPS) is 15.2. The molecule has 5 nitrogen and oxygen atoms in total. The van der Waals surface area contributed by atoms with Gasteiger partial charge in [0.25, 0.3) is 0 Å². The second-order valence-corrected chi connectivity index (χ2v) is 6.92. The number of fused-ring (bicyclic) bond motifs is 3. The lowest BCUT2D eigenvalue weighted by Gasteiger charge is -2.37. The van der Waals surface area contributed by atoms with Crippen LogP contribution in [0.15, 0.2) is 48.5 Å². The molecular weight excluding hydrogens is 387 g/mol. The number of benzene rings is 2. The second-order valence-electron chi connectivity index (χ2n) is 6.92. The van der Waals surface area contributed by atoms with Crippen LogP contribution in [-0.2, 0) is 9.53 Å². The number of nitrogens with zero attached hydrogens (tertiary/aromatic N) is 1. The van der Waals surface area contributed by atoms with Gasteiger partial charge in [0.15, 0.2) is 0 Å². The summed E-state index contributed by atoms with van der Waals surface area (Å²) in [6.45, 7) is 1.06. The van der Waals surface area contributed by atoms with Crippen LogP contribution >= 0.6 is 0 Å². The fraction of sp³-hybridized carbons (Fsp3) is 0.333. The number of ether oxygens (including phenoxy) is 1. The van der Waals surface area contributed by atoms with Crippen LogP contribution in [0.5, 0.6) is 0 Å². The Balaban J connectivity index is 1.86. The molecule has 0 saturated carbocycles. The molecule has 0 bridgehead atoms. The van der Waals surface area contributed by atoms with Crippen LogP contribution in [0.4, 0.5) is 18.0 Å². The highest BCUT2D eigenvalue weighted by molar-refractivity contribution is 5.85. The highest BCUT2D eigenvalue weighted by Gasteiger charge is 2.62. The van der Waals surface area contributed by atoms with Gasteiger partial charge in [-0.05, 0) is 36.1 Å². The number of carboxylic acids is 1. The highest BCUT2D eigenvalue weighted by atomic mass is 19.4. The fourth-order valence-electron chi connectivity index (χ4n) is 3.69. The predicted octanol–water partition coefficient (Wildman–Crippen LogP) is 4.66. The standard InChI is InChI=1S/C21H20F3NO4/c1-3-25(20(2,18(26)27)21(22,23)24)19(28)29-12-17-15-10-6-4-8-13(15)14-9-5-7-11-16(14)17/h4-11,17H,3,12H2,1-2H3,(H,26,27). The molecule has 1 aliphatic carbocycles. The van der Waals surface area contributed by atoms with Crippen molar-refractivity contribution in [1.29, 1.82) is 0 Å². The monoisotopic (exact) mass is 407 g/mol. The molecule has 3 rings (SSSR count). The molecule has 2 aromatic carbocycles. The van der Waals surface area contributed by atoms with Crippen LogP contribution in [0.3, 0.4) is 0 Å². The molecule has 2 aromatic rings. The number of rotatable bonds is 5. The molecule has 0 radical (unpaired) electrons. The number of carboxylic acid groups (broad SMARTS) is 1. The molecule has 0 spiro atoms. The lowest BCUT2D eigenvalue weighted by Crippen LogP contribution is -2.63. The number of hydrogen-bond donors (Lipinski definition) is 1. The van der Waals surface area contributed by atoms with Crippen molar-refractivity contribution >= 4 is 12.1 Å². The summed E-state index contributed by atoms with van der Waals surface area (Å²) in [5.41, 5.74) is 0.372. The highest BCUT2D eigenvalue weighted by Crippen LogP contribution is 2.44. The molecule has 1 N–H and O–H groups in total. The van der Waals surface area contributed by atoms with E-state index in [0.29, 0.717) is 6.92 Å². The lowest BCUT2D eigenvalue weighted by molar-refractivity contribution is -0.227. The van der Waals surface area contributed by atoms with Crippen molar-refractivity contribution < 1.29 is 32.6 Å². The van der Waals surface area contributed by atoms with Gasteiger partial charge >= 0.3 is 18.2 Å². The van der Waals surface area contributed by atoms with Crippen LogP contribution in [-0.4, -0.2) is 46.9 Å². The minimum absolute atomic E-state index is 0.197. The van der Waals surface area contributed by atoms with E-state index >= 15 is 0 Å². The maximum atomic E-state index is 13.5. The molecule has 29 heavy (non-hydrogen) atoms. The molecule has 1 atom stereocenters. The summed E-state index contributed by atoms with van der Waals surface area (Å²) in [4.78, 5) is 24.1. The Morgan fingerprint density at radius 3 is 1.93 bits per heavy atom. The van der Waals surface area contributed by atoms with Gasteiger partial charge in [-0.1, -0.05) is 48.5 Å². The molecule has 8 heteroatoms. The third kappa shape index (κ3) is 3.32. The van der Waals surface area contributed by atoms with Crippen molar-refractivity contribution in [3.63, 3.8) is 0 Å². The molecule has 0 heterocycles. The van der Waals surface area contributed by atoms with Gasteiger partial charge in [-0.25, -0.2) is 9.59 Å². The first-order chi connectivity index (χ1) is 13.6. The van der Waals surface area contributed by atoms with E-state index in [4.69, 9.17) is 4.74 Å². The van der Waals surface area contributed by atoms with E-state index in [1.807, 2.05) is 48.5 Å². The summed E-state index contributed by atoms with van der Waals surface area (Å²) in [5, 5.41) is 9.19. The van der Waals surface area contributed by atoms with Gasteiger partial charge in [-0.15, -0.1) is 0 Å². The van der Waals surface area contributed by atoms with Crippen molar-refractivity contribution in [3.05, 3.63) is 59.7 Å². The molecule has 0 aliphatic heterocycles. The lowest BCUT2D eigenvalue weighted by atomic mass is 9.98. The Labute approximate surface area is 165 Å². The Morgan fingerprint density at radius 2 is 1.52 bits per heavy atom. The molecular formula is C21H20F3NO4. The van der Waals surface area contributed by atoms with Gasteiger partial charge < -0.3 is 9.84 Å². The van der Waals surface area contributed by atoms with Crippen molar-refractivity contribution in [2.45, 2.75) is 31.5 Å². The van der Waals surface area contributed by atoms with Crippen molar-refractivity contribution in [1.82, 2.24) is 4.90 Å². The van der Waals surface area contributed by atoms with E-state index in [2.05, 4.69) is 0 Å². The van der Waals surface area contributed by atoms with Crippen LogP contribution in [0.25, 0.3) is 11.1 Å². The van der Waals surface area contributed by atoms with Gasteiger partial charge in [0.05, 0.1) is 0 Å². The SMILES string of the molecule is CCN(C(=O)OCC1c2ccccc2-c2ccccc21)C(C)(C(=O)O)C(F)(F)F. The maximum absolute atomic E-state index is 13.5. The van der Waals surface area contributed by atoms with Crippen LogP contribution in [0.1, 0.15) is 30.9 Å². The van der Waals surface area contributed by atoms with Gasteiger partial charge in [0.1, 0.15) is 6.61 Å². The smallest absolute Gasteiger partial charge is 0.422 e. The third-order valence-corrected chi connectivity index (χ3v) is 5.38. The second kappa shape index (κ2) is 7.42. The summed E-state index contributed by atoms with van der Waals surface area (Å²) in [6, 6.07) is 15.0. The summed E-state index contributed by atoms with van der Waals surface area (Å²) in [5.74, 6) is -2.51. The Hall–Kier alpha value is -3.03. The zero-order chi connectivity index (χ0) is 21.4. The van der Waals surface area contributed by atoms with Gasteiger partial charge in [-0.3, -0.25) is 4.90 Å². The number of halogens is 3. The van der Waals surface area contributed by atoms with E-state index in [1.54, 1.807) is 0 Å². The maximum Gasteiger partial charge on any atom is 0.422 e. The van der Waals surface area contributed by atoms with Gasteiger partial charge in [0, 0.05) is 12.5 Å². The van der Waals surface area contributed by atoms with Crippen LogP contribution < -0.4 is 0 Å². The quantitative estimate of drug-likeness (QED) is 0.783. The molecule has 0 fully saturated rings. The van der Waals surface area contributed by atoms with Gasteiger partial charge in [-0.2, -0.15) is 13.2 Å². The molecule has 1 unspecified atom stereocenters. The van der Waals surface area contributed by atoms with E-state index in [9.17, 15) is 27.9 Å². The minimum atomic E-state index is -5.17. The topological polar surface area (TPSA) is 66.8 Å². The number of alkyl halides is 3. The number of carbonyl (C=O) groups excluding carboxylic acids is 1. The molecule has 1 amide bonds. The molecule has 0 saturated heterocycles. The molecule has 0 aromatic heterocycles. The summed E-state index contributed by atoms with van der Waals surface area (Å²) in [6.07, 6.45) is -6.49. The largest absolute Gasteiger partial charge is 0.479 e. The number of likely N-dealkylation sites (N-methyl/N-ethyl adjacent to an activating group) is 1. The zero-order valence-electron chi connectivity index (χ0n) is 15.9. The average Bonchev–Trinajstić information content (AvgIpc) is 2.99. The zero-order valence-corrected chi connectivity index (χ0v) is 15.9. The number of aliphatic carboxylic acids is 1. The third-order valence-electron chi connectivity index (χ3n) is 5.38. The number of carbonyl (C=O) groups is 2. The van der Waals surface area contributed by atoms with Crippen LogP contribution in [0, 0.1) is 0 Å². The first kappa shape index (κ1) is 20.7. The summed E-state index contributed by atoms with van der Waals surface area (Å²) in [7, 11) is 0. The predicted molar refractivity (Wildman–Crippen MR) is 99.5 cm³/mol. The Kier molecular flexibility index (Phi) is 5.30. The Morgan fingerprint density at radius 1 is 1.03 bits per heavy atom. The fourth-order valence-corrected chi connectivity index (χ4v) is 3.69. The van der Waals surface area contributed by atoms with Crippen molar-refractivity contribution in [3.8, 4) is 11.1 Å². The van der Waals surface area contributed by atoms with E-state index < -0.39 is 30.3 Å². The van der Waals surface area contributed by atoms with E-state index in [-0.39, 0.29) is 17.4 Å². The number of amides is 1. The first-order valence-corrected chi connectivity index (χ1v) is 9.05. The molecule has 154 valence electrons. The van der Waals surface area contributed by atoms with Crippen molar-refractivity contribution in [2.75, 3.05) is 13.2 Å². The molecule has 1 aliphatic rings. The van der Waals surface area contributed by atoms with Gasteiger partial charge in [0.2, 0.25) is 5.54 Å². The number of hydrogen-bond acceptors (Lipinski definition) is 3. The summed E-state index contributed by atoms with van der Waals surface area (Å²) < 4.78 is 45.6. The Bertz CT molecular complexity index is 898. The minimum Gasteiger partial charge on any atom is -0.479 e. The van der Waals surface area contributed by atoms with Crippen LogP contribution in [0.2, 0.25) is 0 Å². The van der Waals surface area contributed by atoms with E-state index in [0.717, 1.165) is 22.3 Å². The van der Waals surface area contributed by atoms with Crippen molar-refractivity contribution in [2.24, 2.45) is 0 Å². The van der Waals surface area contributed by atoms with E-state index in [1.165, 1.54) is 6.92 Å². The first-order valence-electron chi connectivity index (χ1n) is 9.05.